The van der Waals surface area contributed by atoms with Crippen LogP contribution in [-0.4, -0.2) is 27.2 Å². The summed E-state index contributed by atoms with van der Waals surface area (Å²) in [6.45, 7) is 2.77. The Morgan fingerprint density at radius 2 is 2.20 bits per heavy atom. The second-order valence-electron chi connectivity index (χ2n) is 6.43. The Labute approximate surface area is 145 Å². The van der Waals surface area contributed by atoms with E-state index in [1.807, 2.05) is 12.1 Å². The largest absolute Gasteiger partial charge is 0.378 e. The van der Waals surface area contributed by atoms with Crippen LogP contribution in [0, 0.1) is 22.7 Å². The summed E-state index contributed by atoms with van der Waals surface area (Å²) in [5.41, 5.74) is 3.16. The first kappa shape index (κ1) is 15.6. The lowest BCUT2D eigenvalue weighted by atomic mass is 10.0. The van der Waals surface area contributed by atoms with E-state index in [0.717, 1.165) is 40.6 Å². The van der Waals surface area contributed by atoms with Gasteiger partial charge in [-0.2, -0.15) is 10.5 Å². The molecule has 0 saturated carbocycles. The molecule has 1 aliphatic heterocycles. The zero-order chi connectivity index (χ0) is 17.4. The lowest BCUT2D eigenvalue weighted by Gasteiger charge is -2.30. The van der Waals surface area contributed by atoms with E-state index in [1.165, 1.54) is 0 Å². The highest BCUT2D eigenvalue weighted by Crippen LogP contribution is 2.33. The molecule has 25 heavy (non-hydrogen) atoms. The van der Waals surface area contributed by atoms with Crippen molar-refractivity contribution in [3.8, 4) is 12.1 Å². The van der Waals surface area contributed by atoms with Crippen LogP contribution in [-0.2, 0) is 11.2 Å². The second kappa shape index (κ2) is 6.16. The highest BCUT2D eigenvalue weighted by atomic mass is 16.5. The number of fused-ring (bicyclic) bond motifs is 3. The number of aromatic nitrogens is 3. The number of imidazole rings is 1. The van der Waals surface area contributed by atoms with Crippen LogP contribution < -0.4 is 0 Å². The van der Waals surface area contributed by atoms with Crippen LogP contribution >= 0.6 is 0 Å². The van der Waals surface area contributed by atoms with Gasteiger partial charge >= 0.3 is 0 Å². The van der Waals surface area contributed by atoms with Gasteiger partial charge in [0.1, 0.15) is 11.3 Å². The van der Waals surface area contributed by atoms with Gasteiger partial charge in [0.25, 0.3) is 0 Å². The van der Waals surface area contributed by atoms with Crippen molar-refractivity contribution in [1.29, 1.82) is 10.5 Å². The molecule has 1 saturated heterocycles. The fourth-order valence-electron chi connectivity index (χ4n) is 3.69. The monoisotopic (exact) mass is 331 g/mol. The summed E-state index contributed by atoms with van der Waals surface area (Å²) in [7, 11) is 0. The van der Waals surface area contributed by atoms with Crippen molar-refractivity contribution in [2.75, 3.05) is 6.61 Å². The van der Waals surface area contributed by atoms with E-state index in [-0.39, 0.29) is 18.6 Å². The summed E-state index contributed by atoms with van der Waals surface area (Å²) in [5, 5.41) is 19.4. The molecule has 124 valence electrons. The highest BCUT2D eigenvalue weighted by molar-refractivity contribution is 6.02. The minimum absolute atomic E-state index is 0.175. The van der Waals surface area contributed by atoms with Crippen molar-refractivity contribution >= 4 is 21.9 Å². The molecule has 6 nitrogen and oxygen atoms in total. The molecule has 0 bridgehead atoms. The van der Waals surface area contributed by atoms with Crippen LogP contribution in [0.15, 0.2) is 24.4 Å². The first-order chi connectivity index (χ1) is 12.2. The van der Waals surface area contributed by atoms with Gasteiger partial charge in [-0.05, 0) is 38.0 Å². The predicted octanol–water partition coefficient (Wildman–Crippen LogP) is 3.26. The van der Waals surface area contributed by atoms with Gasteiger partial charge in [-0.25, -0.2) is 4.98 Å². The first-order valence-electron chi connectivity index (χ1n) is 8.39. The maximum Gasteiger partial charge on any atom is 0.124 e. The molecule has 2 aromatic heterocycles. The van der Waals surface area contributed by atoms with E-state index in [9.17, 15) is 10.5 Å². The quantitative estimate of drug-likeness (QED) is 0.719. The van der Waals surface area contributed by atoms with Crippen molar-refractivity contribution < 1.29 is 4.74 Å². The highest BCUT2D eigenvalue weighted by Gasteiger charge is 2.26. The molecule has 4 rings (SSSR count). The van der Waals surface area contributed by atoms with Crippen LogP contribution in [0.25, 0.3) is 21.9 Å². The molecular formula is C19H17N5O. The molecule has 1 aliphatic rings. The number of nitrogens with zero attached hydrogens (tertiary/aromatic N) is 5. The normalized spacial score (nSPS) is 20.4. The minimum Gasteiger partial charge on any atom is -0.378 e. The molecule has 0 aliphatic carbocycles. The summed E-state index contributed by atoms with van der Waals surface area (Å²) in [6.07, 6.45) is 3.94. The number of hydrogen-bond acceptors (Lipinski definition) is 5. The fourth-order valence-corrected chi connectivity index (χ4v) is 3.69. The van der Waals surface area contributed by atoms with Gasteiger partial charge in [-0.15, -0.1) is 0 Å². The standard InChI is InChI=1S/C19H17N5O/c1-12-8-14(5-7-25-12)24-18(4-6-20)23-17-11-22-16-3-2-13(10-21)9-15(16)19(17)24/h2-3,9,11-12,14H,4-5,7-8H2,1H3/t12-,14?/m1/s1. The van der Waals surface area contributed by atoms with E-state index in [4.69, 9.17) is 4.74 Å². The number of benzene rings is 1. The van der Waals surface area contributed by atoms with Crippen molar-refractivity contribution in [2.24, 2.45) is 0 Å². The SMILES string of the molecule is C[C@@H]1CC(n2c(CC#N)nc3cnc4ccc(C#N)cc4c32)CCO1. The predicted molar refractivity (Wildman–Crippen MR) is 92.8 cm³/mol. The van der Waals surface area contributed by atoms with Gasteiger partial charge in [-0.3, -0.25) is 4.98 Å². The molecule has 1 unspecified atom stereocenters. The Morgan fingerprint density at radius 1 is 1.32 bits per heavy atom. The van der Waals surface area contributed by atoms with Crippen molar-refractivity contribution in [1.82, 2.24) is 14.5 Å². The minimum atomic E-state index is 0.175. The van der Waals surface area contributed by atoms with Gasteiger partial charge in [0.2, 0.25) is 0 Å². The summed E-state index contributed by atoms with van der Waals surface area (Å²) < 4.78 is 7.87. The number of hydrogen-bond donors (Lipinski definition) is 0. The van der Waals surface area contributed by atoms with Gasteiger partial charge in [-0.1, -0.05) is 0 Å². The molecule has 6 heteroatoms. The first-order valence-corrected chi connectivity index (χ1v) is 8.39. The van der Waals surface area contributed by atoms with Gasteiger partial charge in [0.05, 0.1) is 47.5 Å². The van der Waals surface area contributed by atoms with Gasteiger partial charge in [0, 0.05) is 18.0 Å². The molecule has 1 aromatic carbocycles. The molecule has 1 fully saturated rings. The summed E-state index contributed by atoms with van der Waals surface area (Å²) in [4.78, 5) is 9.13. The van der Waals surface area contributed by atoms with Crippen LogP contribution in [0.4, 0.5) is 0 Å². The molecule has 0 amide bonds. The average molecular weight is 331 g/mol. The molecule has 2 atom stereocenters. The van der Waals surface area contributed by atoms with E-state index >= 15 is 0 Å². The van der Waals surface area contributed by atoms with Crippen molar-refractivity contribution in [2.45, 2.75) is 38.3 Å². The number of pyridine rings is 1. The van der Waals surface area contributed by atoms with Gasteiger partial charge in [0.15, 0.2) is 0 Å². The third kappa shape index (κ3) is 2.61. The Hall–Kier alpha value is -2.96. The Bertz CT molecular complexity index is 1040. The Kier molecular flexibility index (Phi) is 3.83. The van der Waals surface area contributed by atoms with Crippen LogP contribution in [0.1, 0.15) is 37.2 Å². The summed E-state index contributed by atoms with van der Waals surface area (Å²) in [6, 6.07) is 10.1. The maximum absolute atomic E-state index is 9.26. The Morgan fingerprint density at radius 3 is 2.96 bits per heavy atom. The third-order valence-electron chi connectivity index (χ3n) is 4.78. The maximum atomic E-state index is 9.26. The topological polar surface area (TPSA) is 87.5 Å². The third-order valence-corrected chi connectivity index (χ3v) is 4.78. The van der Waals surface area contributed by atoms with Crippen molar-refractivity contribution in [3.63, 3.8) is 0 Å². The number of ether oxygens (including phenoxy) is 1. The lowest BCUT2D eigenvalue weighted by molar-refractivity contribution is 0.00633. The van der Waals surface area contributed by atoms with Crippen LogP contribution in [0.2, 0.25) is 0 Å². The average Bonchev–Trinajstić information content (AvgIpc) is 3.00. The van der Waals surface area contributed by atoms with E-state index in [1.54, 1.807) is 12.3 Å². The zero-order valence-electron chi connectivity index (χ0n) is 13.9. The number of rotatable bonds is 2. The fraction of sp³-hybridized carbons (Fsp3) is 0.368. The van der Waals surface area contributed by atoms with Crippen LogP contribution in [0.3, 0.4) is 0 Å². The number of nitriles is 2. The summed E-state index contributed by atoms with van der Waals surface area (Å²) in [5.74, 6) is 0.758. The van der Waals surface area contributed by atoms with Crippen LogP contribution in [0.5, 0.6) is 0 Å². The second-order valence-corrected chi connectivity index (χ2v) is 6.43. The molecule has 0 N–H and O–H groups in total. The van der Waals surface area contributed by atoms with E-state index < -0.39 is 0 Å². The van der Waals surface area contributed by atoms with Gasteiger partial charge < -0.3 is 9.30 Å². The molecular weight excluding hydrogens is 314 g/mol. The van der Waals surface area contributed by atoms with E-state index in [0.29, 0.717) is 12.2 Å². The molecule has 0 radical (unpaired) electrons. The smallest absolute Gasteiger partial charge is 0.124 e. The molecule has 0 spiro atoms. The lowest BCUT2D eigenvalue weighted by Crippen LogP contribution is -2.26. The van der Waals surface area contributed by atoms with E-state index in [2.05, 4.69) is 33.6 Å². The molecule has 3 aromatic rings. The Balaban J connectivity index is 2.03. The molecule has 3 heterocycles. The van der Waals surface area contributed by atoms with Crippen molar-refractivity contribution in [3.05, 3.63) is 35.8 Å². The zero-order valence-corrected chi connectivity index (χ0v) is 13.9. The summed E-state index contributed by atoms with van der Waals surface area (Å²) >= 11 is 0.